The van der Waals surface area contributed by atoms with Gasteiger partial charge in [0.05, 0.1) is 10.6 Å². The molecular formula is C17H15N3O2. The van der Waals surface area contributed by atoms with E-state index in [1.54, 1.807) is 24.5 Å². The summed E-state index contributed by atoms with van der Waals surface area (Å²) in [5, 5.41) is 10.9. The maximum absolute atomic E-state index is 10.9. The summed E-state index contributed by atoms with van der Waals surface area (Å²) in [4.78, 5) is 19.3. The largest absolute Gasteiger partial charge is 0.284 e. The SMILES string of the molecule is O=[N+]([O-])c1cccc(/C=C2\CCCN=C2c2cccnc2)c1. The Kier molecular flexibility index (Phi) is 4.05. The van der Waals surface area contributed by atoms with Gasteiger partial charge in [-0.05, 0) is 42.2 Å². The number of nitro benzene ring substituents is 1. The first-order valence-corrected chi connectivity index (χ1v) is 7.14. The van der Waals surface area contributed by atoms with Crippen molar-refractivity contribution < 1.29 is 4.92 Å². The lowest BCUT2D eigenvalue weighted by Crippen LogP contribution is -2.11. The van der Waals surface area contributed by atoms with Gasteiger partial charge in [-0.15, -0.1) is 0 Å². The van der Waals surface area contributed by atoms with Gasteiger partial charge in [0.2, 0.25) is 0 Å². The van der Waals surface area contributed by atoms with E-state index in [1.165, 1.54) is 6.07 Å². The van der Waals surface area contributed by atoms with Gasteiger partial charge >= 0.3 is 0 Å². The number of non-ortho nitro benzene ring substituents is 1. The Morgan fingerprint density at radius 2 is 2.14 bits per heavy atom. The van der Waals surface area contributed by atoms with Crippen molar-refractivity contribution in [2.24, 2.45) is 4.99 Å². The molecule has 22 heavy (non-hydrogen) atoms. The average Bonchev–Trinajstić information content (AvgIpc) is 2.56. The van der Waals surface area contributed by atoms with Gasteiger partial charge in [0.1, 0.15) is 0 Å². The second kappa shape index (κ2) is 6.30. The third-order valence-electron chi connectivity index (χ3n) is 3.54. The highest BCUT2D eigenvalue weighted by molar-refractivity contribution is 6.15. The molecule has 1 aliphatic heterocycles. The minimum Gasteiger partial charge on any atom is -0.284 e. The molecule has 0 fully saturated rings. The molecule has 1 aliphatic rings. The molecule has 2 aromatic rings. The number of aliphatic imine (C=N–C) groups is 1. The van der Waals surface area contributed by atoms with Crippen LogP contribution in [0.4, 0.5) is 5.69 Å². The molecule has 0 aliphatic carbocycles. The molecule has 2 heterocycles. The zero-order chi connectivity index (χ0) is 15.4. The zero-order valence-corrected chi connectivity index (χ0v) is 12.0. The molecule has 0 saturated heterocycles. The fourth-order valence-corrected chi connectivity index (χ4v) is 2.53. The highest BCUT2D eigenvalue weighted by Crippen LogP contribution is 2.23. The van der Waals surface area contributed by atoms with Crippen molar-refractivity contribution in [3.63, 3.8) is 0 Å². The molecule has 3 rings (SSSR count). The van der Waals surface area contributed by atoms with Crippen molar-refractivity contribution in [3.05, 3.63) is 75.6 Å². The van der Waals surface area contributed by atoms with Gasteiger partial charge in [-0.1, -0.05) is 12.1 Å². The molecule has 0 bridgehead atoms. The number of hydrogen-bond donors (Lipinski definition) is 0. The van der Waals surface area contributed by atoms with E-state index in [1.807, 2.05) is 24.3 Å². The summed E-state index contributed by atoms with van der Waals surface area (Å²) < 4.78 is 0. The second-order valence-electron chi connectivity index (χ2n) is 5.10. The number of nitrogens with zero attached hydrogens (tertiary/aromatic N) is 3. The van der Waals surface area contributed by atoms with Crippen molar-refractivity contribution in [3.8, 4) is 0 Å². The first-order valence-electron chi connectivity index (χ1n) is 7.14. The van der Waals surface area contributed by atoms with Crippen LogP contribution in [0.1, 0.15) is 24.0 Å². The van der Waals surface area contributed by atoms with Gasteiger partial charge in [-0.25, -0.2) is 0 Å². The van der Waals surface area contributed by atoms with Crippen molar-refractivity contribution in [2.75, 3.05) is 6.54 Å². The topological polar surface area (TPSA) is 68.4 Å². The van der Waals surface area contributed by atoms with E-state index in [2.05, 4.69) is 9.98 Å². The molecule has 1 aromatic heterocycles. The van der Waals surface area contributed by atoms with Gasteiger partial charge < -0.3 is 0 Å². The maximum atomic E-state index is 10.9. The predicted molar refractivity (Wildman–Crippen MR) is 85.9 cm³/mol. The quantitative estimate of drug-likeness (QED) is 0.640. The van der Waals surface area contributed by atoms with Gasteiger partial charge in [-0.3, -0.25) is 20.1 Å². The highest BCUT2D eigenvalue weighted by Gasteiger charge is 2.14. The number of aromatic nitrogens is 1. The van der Waals surface area contributed by atoms with Crippen LogP contribution in [0.5, 0.6) is 0 Å². The molecule has 0 radical (unpaired) electrons. The molecule has 5 heteroatoms. The summed E-state index contributed by atoms with van der Waals surface area (Å²) in [6.07, 6.45) is 7.42. The lowest BCUT2D eigenvalue weighted by Gasteiger charge is -2.16. The molecular weight excluding hydrogens is 278 g/mol. The van der Waals surface area contributed by atoms with Crippen LogP contribution < -0.4 is 0 Å². The van der Waals surface area contributed by atoms with E-state index in [9.17, 15) is 10.1 Å². The smallest absolute Gasteiger partial charge is 0.270 e. The highest BCUT2D eigenvalue weighted by atomic mass is 16.6. The molecule has 0 N–H and O–H groups in total. The first-order chi connectivity index (χ1) is 10.7. The van der Waals surface area contributed by atoms with E-state index < -0.39 is 0 Å². The monoisotopic (exact) mass is 293 g/mol. The van der Waals surface area contributed by atoms with Crippen LogP contribution in [-0.2, 0) is 0 Å². The molecule has 0 amide bonds. The van der Waals surface area contributed by atoms with Crippen LogP contribution in [-0.4, -0.2) is 22.2 Å². The molecule has 0 atom stereocenters. The van der Waals surface area contributed by atoms with Crippen LogP contribution in [0.25, 0.3) is 6.08 Å². The fourth-order valence-electron chi connectivity index (χ4n) is 2.53. The van der Waals surface area contributed by atoms with Crippen molar-refractivity contribution >= 4 is 17.5 Å². The summed E-state index contributed by atoms with van der Waals surface area (Å²) in [6, 6.07) is 10.5. The normalized spacial score (nSPS) is 16.4. The van der Waals surface area contributed by atoms with E-state index in [-0.39, 0.29) is 10.6 Å². The van der Waals surface area contributed by atoms with Gasteiger partial charge in [0.15, 0.2) is 0 Å². The van der Waals surface area contributed by atoms with Crippen LogP contribution >= 0.6 is 0 Å². The molecule has 0 saturated carbocycles. The Morgan fingerprint density at radius 1 is 1.23 bits per heavy atom. The summed E-state index contributed by atoms with van der Waals surface area (Å²) in [5.74, 6) is 0. The minimum absolute atomic E-state index is 0.102. The minimum atomic E-state index is -0.376. The number of allylic oxidation sites excluding steroid dienone is 1. The number of nitro groups is 1. The summed E-state index contributed by atoms with van der Waals surface area (Å²) >= 11 is 0. The summed E-state index contributed by atoms with van der Waals surface area (Å²) in [7, 11) is 0. The van der Waals surface area contributed by atoms with Crippen LogP contribution in [0.2, 0.25) is 0 Å². The zero-order valence-electron chi connectivity index (χ0n) is 12.0. The second-order valence-corrected chi connectivity index (χ2v) is 5.10. The van der Waals surface area contributed by atoms with E-state index >= 15 is 0 Å². The Labute approximate surface area is 128 Å². The first kappa shape index (κ1) is 14.1. The van der Waals surface area contributed by atoms with Crippen molar-refractivity contribution in [1.82, 2.24) is 4.98 Å². The lowest BCUT2D eigenvalue weighted by atomic mass is 9.95. The van der Waals surface area contributed by atoms with E-state index in [0.717, 1.165) is 41.8 Å². The molecule has 110 valence electrons. The third-order valence-corrected chi connectivity index (χ3v) is 3.54. The summed E-state index contributed by atoms with van der Waals surface area (Å²) in [6.45, 7) is 0.802. The Morgan fingerprint density at radius 3 is 2.91 bits per heavy atom. The van der Waals surface area contributed by atoms with E-state index in [4.69, 9.17) is 0 Å². The number of hydrogen-bond acceptors (Lipinski definition) is 4. The Bertz CT molecular complexity index is 752. The maximum Gasteiger partial charge on any atom is 0.270 e. The molecule has 0 spiro atoms. The van der Waals surface area contributed by atoms with Crippen LogP contribution in [0.3, 0.4) is 0 Å². The molecule has 1 aromatic carbocycles. The van der Waals surface area contributed by atoms with Gasteiger partial charge in [-0.2, -0.15) is 0 Å². The molecule has 5 nitrogen and oxygen atoms in total. The third kappa shape index (κ3) is 3.09. The predicted octanol–water partition coefficient (Wildman–Crippen LogP) is 3.66. The Balaban J connectivity index is 1.98. The van der Waals surface area contributed by atoms with Crippen LogP contribution in [0, 0.1) is 10.1 Å². The van der Waals surface area contributed by atoms with E-state index in [0.29, 0.717) is 0 Å². The molecule has 0 unspecified atom stereocenters. The number of pyridine rings is 1. The number of benzene rings is 1. The Hall–Kier alpha value is -2.82. The lowest BCUT2D eigenvalue weighted by molar-refractivity contribution is -0.384. The van der Waals surface area contributed by atoms with Gasteiger partial charge in [0.25, 0.3) is 5.69 Å². The fraction of sp³-hybridized carbons (Fsp3) is 0.176. The standard InChI is InChI=1S/C17H15N3O2/c21-20(22)16-7-1-4-13(11-16)10-14-5-3-9-19-17(14)15-6-2-8-18-12-15/h1-2,4,6-8,10-12H,3,5,9H2/b14-10+. The summed E-state index contributed by atoms with van der Waals surface area (Å²) in [5.41, 5.74) is 3.94. The average molecular weight is 293 g/mol. The van der Waals surface area contributed by atoms with Gasteiger partial charge in [0, 0.05) is 36.6 Å². The van der Waals surface area contributed by atoms with Crippen molar-refractivity contribution in [2.45, 2.75) is 12.8 Å². The van der Waals surface area contributed by atoms with Crippen molar-refractivity contribution in [1.29, 1.82) is 0 Å². The van der Waals surface area contributed by atoms with Crippen LogP contribution in [0.15, 0.2) is 59.4 Å². The number of rotatable bonds is 3.